The lowest BCUT2D eigenvalue weighted by Crippen LogP contribution is -2.33. The van der Waals surface area contributed by atoms with Crippen molar-refractivity contribution in [1.29, 1.82) is 0 Å². The van der Waals surface area contributed by atoms with Gasteiger partial charge in [-0.15, -0.1) is 0 Å². The summed E-state index contributed by atoms with van der Waals surface area (Å²) in [6.45, 7) is 3.21. The summed E-state index contributed by atoms with van der Waals surface area (Å²) < 4.78 is 4.76. The molecule has 0 bridgehead atoms. The zero-order valence-corrected chi connectivity index (χ0v) is 13.3. The van der Waals surface area contributed by atoms with Gasteiger partial charge in [0, 0.05) is 10.6 Å². The molecule has 1 aliphatic heterocycles. The van der Waals surface area contributed by atoms with Crippen molar-refractivity contribution in [2.45, 2.75) is 26.3 Å². The van der Waals surface area contributed by atoms with Crippen molar-refractivity contribution in [2.75, 3.05) is 0 Å². The third kappa shape index (κ3) is 2.24. The van der Waals surface area contributed by atoms with E-state index >= 15 is 0 Å². The third-order valence-corrected chi connectivity index (χ3v) is 4.62. The lowest BCUT2D eigenvalue weighted by Gasteiger charge is -1.98. The molecule has 0 N–H and O–H groups in total. The molecular weight excluding hydrogens is 292 g/mol. The molecule has 3 aromatic rings. The van der Waals surface area contributed by atoms with Gasteiger partial charge in [0.15, 0.2) is 5.69 Å². The van der Waals surface area contributed by atoms with Crippen LogP contribution in [0, 0.1) is 6.92 Å². The quantitative estimate of drug-likeness (QED) is 0.623. The van der Waals surface area contributed by atoms with Crippen LogP contribution in [-0.4, -0.2) is 4.57 Å². The smallest absolute Gasteiger partial charge is 0.227 e. The average Bonchev–Trinajstić information content (AvgIpc) is 3.12. The van der Waals surface area contributed by atoms with Crippen LogP contribution in [0.1, 0.15) is 17.8 Å². The van der Waals surface area contributed by atoms with Crippen LogP contribution >= 0.6 is 11.6 Å². The first kappa shape index (κ1) is 13.6. The highest BCUT2D eigenvalue weighted by Crippen LogP contribution is 2.25. The van der Waals surface area contributed by atoms with E-state index in [2.05, 4.69) is 58.7 Å². The number of aromatic nitrogens is 2. The molecule has 0 saturated carbocycles. The number of nitrogens with zero attached hydrogens (tertiary/aromatic N) is 2. The van der Waals surface area contributed by atoms with E-state index < -0.39 is 0 Å². The van der Waals surface area contributed by atoms with Crippen molar-refractivity contribution in [2.24, 2.45) is 0 Å². The Labute approximate surface area is 135 Å². The first-order chi connectivity index (χ1) is 10.7. The van der Waals surface area contributed by atoms with Crippen molar-refractivity contribution in [3.8, 4) is 16.9 Å². The Kier molecular flexibility index (Phi) is 3.27. The highest BCUT2D eigenvalue weighted by Gasteiger charge is 2.29. The number of halogens is 1. The largest absolute Gasteiger partial charge is 0.262 e. The molecule has 4 rings (SSSR count). The normalized spacial score (nSPS) is 13.4. The standard InChI is InChI=1S/C19H18ClN2/c1-14-4-10-17(11-5-14)22-13-18(21-12-2-3-19(21)22)15-6-8-16(20)9-7-15/h4-11,13H,2-3,12H2,1H3/q+1. The van der Waals surface area contributed by atoms with E-state index in [0.717, 1.165) is 18.0 Å². The van der Waals surface area contributed by atoms with Crippen molar-refractivity contribution in [1.82, 2.24) is 4.57 Å². The SMILES string of the molecule is Cc1ccc(-n2cc(-c3ccc(Cl)cc3)[n+]3c2CCC3)cc1. The maximum atomic E-state index is 6.02. The molecule has 0 spiro atoms. The number of fused-ring (bicyclic) bond motifs is 1. The van der Waals surface area contributed by atoms with Crippen molar-refractivity contribution < 1.29 is 4.57 Å². The minimum absolute atomic E-state index is 0.781. The Morgan fingerprint density at radius 2 is 1.73 bits per heavy atom. The fourth-order valence-corrected chi connectivity index (χ4v) is 3.34. The van der Waals surface area contributed by atoms with Crippen LogP contribution in [0.25, 0.3) is 16.9 Å². The van der Waals surface area contributed by atoms with Gasteiger partial charge in [-0.25, -0.2) is 4.57 Å². The maximum Gasteiger partial charge on any atom is 0.262 e. The molecule has 0 unspecified atom stereocenters. The Hall–Kier alpha value is -2.06. The predicted molar refractivity (Wildman–Crippen MR) is 89.5 cm³/mol. The Morgan fingerprint density at radius 3 is 2.45 bits per heavy atom. The second-order valence-electron chi connectivity index (χ2n) is 5.90. The van der Waals surface area contributed by atoms with Crippen LogP contribution in [0.4, 0.5) is 0 Å². The molecule has 3 heteroatoms. The molecule has 0 radical (unpaired) electrons. The fourth-order valence-electron chi connectivity index (χ4n) is 3.22. The van der Waals surface area contributed by atoms with E-state index in [1.165, 1.54) is 34.8 Å². The number of benzene rings is 2. The summed E-state index contributed by atoms with van der Waals surface area (Å²) in [4.78, 5) is 0. The van der Waals surface area contributed by atoms with Crippen molar-refractivity contribution in [3.63, 3.8) is 0 Å². The summed E-state index contributed by atoms with van der Waals surface area (Å²) in [6.07, 6.45) is 4.59. The predicted octanol–water partition coefficient (Wildman–Crippen LogP) is 4.34. The molecule has 2 aromatic carbocycles. The Morgan fingerprint density at radius 1 is 1.00 bits per heavy atom. The van der Waals surface area contributed by atoms with E-state index in [4.69, 9.17) is 11.6 Å². The minimum atomic E-state index is 0.781. The van der Waals surface area contributed by atoms with Crippen LogP contribution in [0.5, 0.6) is 0 Å². The average molecular weight is 310 g/mol. The molecule has 0 aliphatic carbocycles. The molecule has 0 fully saturated rings. The van der Waals surface area contributed by atoms with Gasteiger partial charge in [-0.1, -0.05) is 29.3 Å². The van der Waals surface area contributed by atoms with Gasteiger partial charge < -0.3 is 0 Å². The van der Waals surface area contributed by atoms with Gasteiger partial charge in [-0.3, -0.25) is 0 Å². The van der Waals surface area contributed by atoms with Crippen LogP contribution in [-0.2, 0) is 13.0 Å². The van der Waals surface area contributed by atoms with Crippen LogP contribution in [0.15, 0.2) is 54.7 Å². The molecule has 22 heavy (non-hydrogen) atoms. The first-order valence-corrected chi connectivity index (χ1v) is 8.07. The monoisotopic (exact) mass is 309 g/mol. The lowest BCUT2D eigenvalue weighted by atomic mass is 10.1. The summed E-state index contributed by atoms with van der Waals surface area (Å²) in [7, 11) is 0. The Bertz CT molecular complexity index is 746. The van der Waals surface area contributed by atoms with Gasteiger partial charge in [0.05, 0.1) is 13.0 Å². The Balaban J connectivity index is 1.86. The molecular formula is C19H18ClN2+. The van der Waals surface area contributed by atoms with Crippen molar-refractivity contribution >= 4 is 11.6 Å². The number of rotatable bonds is 2. The summed E-state index contributed by atoms with van der Waals surface area (Å²) in [6, 6.07) is 16.8. The maximum absolute atomic E-state index is 6.02. The van der Waals surface area contributed by atoms with Crippen LogP contribution in [0.2, 0.25) is 5.02 Å². The van der Waals surface area contributed by atoms with Crippen LogP contribution < -0.4 is 4.57 Å². The van der Waals surface area contributed by atoms with Gasteiger partial charge in [-0.2, -0.15) is 4.57 Å². The molecule has 0 saturated heterocycles. The molecule has 1 aliphatic rings. The number of imidazole rings is 1. The van der Waals surface area contributed by atoms with E-state index in [1.807, 2.05) is 12.1 Å². The van der Waals surface area contributed by atoms with E-state index in [9.17, 15) is 0 Å². The second-order valence-corrected chi connectivity index (χ2v) is 6.33. The zero-order chi connectivity index (χ0) is 15.1. The molecule has 2 nitrogen and oxygen atoms in total. The van der Waals surface area contributed by atoms with Gasteiger partial charge in [-0.05, 0) is 49.7 Å². The lowest BCUT2D eigenvalue weighted by molar-refractivity contribution is -0.679. The number of aryl methyl sites for hydroxylation is 1. The van der Waals surface area contributed by atoms with Gasteiger partial charge in [0.1, 0.15) is 11.9 Å². The molecule has 1 aromatic heterocycles. The minimum Gasteiger partial charge on any atom is -0.227 e. The van der Waals surface area contributed by atoms with Crippen LogP contribution in [0.3, 0.4) is 0 Å². The molecule has 2 heterocycles. The summed E-state index contributed by atoms with van der Waals surface area (Å²) >= 11 is 6.02. The van der Waals surface area contributed by atoms with E-state index in [1.54, 1.807) is 0 Å². The molecule has 0 amide bonds. The summed E-state index contributed by atoms with van der Waals surface area (Å²) in [5.74, 6) is 1.38. The topological polar surface area (TPSA) is 8.81 Å². The second kappa shape index (κ2) is 5.29. The van der Waals surface area contributed by atoms with E-state index in [0.29, 0.717) is 0 Å². The number of hydrogen-bond acceptors (Lipinski definition) is 0. The third-order valence-electron chi connectivity index (χ3n) is 4.37. The number of hydrogen-bond donors (Lipinski definition) is 0. The van der Waals surface area contributed by atoms with Crippen molar-refractivity contribution in [3.05, 3.63) is 71.1 Å². The van der Waals surface area contributed by atoms with Gasteiger partial charge in [0.2, 0.25) is 0 Å². The highest BCUT2D eigenvalue weighted by molar-refractivity contribution is 6.30. The van der Waals surface area contributed by atoms with Gasteiger partial charge >= 0.3 is 0 Å². The first-order valence-electron chi connectivity index (χ1n) is 7.69. The zero-order valence-electron chi connectivity index (χ0n) is 12.6. The summed E-state index contributed by atoms with van der Waals surface area (Å²) in [5, 5.41) is 0.781. The molecule has 0 atom stereocenters. The summed E-state index contributed by atoms with van der Waals surface area (Å²) in [5.41, 5.74) is 5.01. The van der Waals surface area contributed by atoms with Gasteiger partial charge in [0.25, 0.3) is 5.82 Å². The molecule has 110 valence electrons. The fraction of sp³-hybridized carbons (Fsp3) is 0.211. The highest BCUT2D eigenvalue weighted by atomic mass is 35.5. The van der Waals surface area contributed by atoms with E-state index in [-0.39, 0.29) is 0 Å².